The summed E-state index contributed by atoms with van der Waals surface area (Å²) in [4.78, 5) is 27.0. The first-order valence-electron chi connectivity index (χ1n) is 8.67. The molecule has 5 nitrogen and oxygen atoms in total. The highest BCUT2D eigenvalue weighted by molar-refractivity contribution is 5.97. The van der Waals surface area contributed by atoms with Crippen LogP contribution in [-0.2, 0) is 4.79 Å². The fourth-order valence-electron chi connectivity index (χ4n) is 3.22. The molecule has 1 atom stereocenters. The van der Waals surface area contributed by atoms with Crippen LogP contribution in [0.5, 0.6) is 0 Å². The summed E-state index contributed by atoms with van der Waals surface area (Å²) in [5, 5.41) is 2.99. The van der Waals surface area contributed by atoms with E-state index in [0.29, 0.717) is 24.4 Å². The molecule has 5 heteroatoms. The molecule has 2 heterocycles. The van der Waals surface area contributed by atoms with Crippen molar-refractivity contribution in [1.29, 1.82) is 0 Å². The summed E-state index contributed by atoms with van der Waals surface area (Å²) in [6.45, 7) is 6.97. The predicted molar refractivity (Wildman–Crippen MR) is 96.6 cm³/mol. The Morgan fingerprint density at radius 1 is 1.16 bits per heavy atom. The van der Waals surface area contributed by atoms with Crippen LogP contribution in [-0.4, -0.2) is 29.8 Å². The molecule has 1 aromatic carbocycles. The molecule has 0 aliphatic carbocycles. The molecule has 0 bridgehead atoms. The number of rotatable bonds is 3. The number of aryl methyl sites for hydroxylation is 3. The minimum absolute atomic E-state index is 0.0235. The maximum absolute atomic E-state index is 12.6. The van der Waals surface area contributed by atoms with Crippen molar-refractivity contribution >= 4 is 17.5 Å². The normalized spacial score (nSPS) is 17.4. The highest BCUT2D eigenvalue weighted by Crippen LogP contribution is 2.22. The monoisotopic (exact) mass is 340 g/mol. The van der Waals surface area contributed by atoms with E-state index in [1.165, 1.54) is 11.8 Å². The van der Waals surface area contributed by atoms with Crippen molar-refractivity contribution < 1.29 is 14.0 Å². The Balaban J connectivity index is 1.66. The molecule has 1 fully saturated rings. The van der Waals surface area contributed by atoms with E-state index >= 15 is 0 Å². The second kappa shape index (κ2) is 7.13. The molecule has 1 aliphatic rings. The zero-order valence-electron chi connectivity index (χ0n) is 15.0. The SMILES string of the molecule is Cc1ccc(NC(=O)C2CCCN(C(=O)c3ccoc3C)C2)cc1C. The molecule has 1 aliphatic heterocycles. The summed E-state index contributed by atoms with van der Waals surface area (Å²) >= 11 is 0. The van der Waals surface area contributed by atoms with Gasteiger partial charge in [0.25, 0.3) is 5.91 Å². The van der Waals surface area contributed by atoms with Crippen molar-refractivity contribution in [3.63, 3.8) is 0 Å². The third-order valence-electron chi connectivity index (χ3n) is 4.94. The summed E-state index contributed by atoms with van der Waals surface area (Å²) in [6, 6.07) is 7.59. The van der Waals surface area contributed by atoms with Crippen LogP contribution in [0.25, 0.3) is 0 Å². The Morgan fingerprint density at radius 2 is 1.96 bits per heavy atom. The number of benzene rings is 1. The molecule has 0 radical (unpaired) electrons. The van der Waals surface area contributed by atoms with E-state index in [1.54, 1.807) is 17.9 Å². The average Bonchev–Trinajstić information content (AvgIpc) is 3.03. The van der Waals surface area contributed by atoms with Crippen LogP contribution in [0.1, 0.15) is 40.1 Å². The fraction of sp³-hybridized carbons (Fsp3) is 0.400. The van der Waals surface area contributed by atoms with E-state index < -0.39 is 0 Å². The number of carbonyl (C=O) groups excluding carboxylic acids is 2. The van der Waals surface area contributed by atoms with Crippen LogP contribution in [0.15, 0.2) is 34.9 Å². The standard InChI is InChI=1S/C20H24N2O3/c1-13-6-7-17(11-14(13)2)21-19(23)16-5-4-9-22(12-16)20(24)18-8-10-25-15(18)3/h6-8,10-11,16H,4-5,9,12H2,1-3H3,(H,21,23). The largest absolute Gasteiger partial charge is 0.469 e. The van der Waals surface area contributed by atoms with E-state index in [9.17, 15) is 9.59 Å². The number of hydrogen-bond donors (Lipinski definition) is 1. The lowest BCUT2D eigenvalue weighted by Gasteiger charge is -2.32. The highest BCUT2D eigenvalue weighted by Gasteiger charge is 2.30. The molecular weight excluding hydrogens is 316 g/mol. The van der Waals surface area contributed by atoms with Crippen LogP contribution in [0.2, 0.25) is 0 Å². The van der Waals surface area contributed by atoms with Gasteiger partial charge in [0, 0.05) is 18.8 Å². The minimum atomic E-state index is -0.188. The first-order chi connectivity index (χ1) is 12.0. The molecule has 0 spiro atoms. The maximum atomic E-state index is 12.6. The first kappa shape index (κ1) is 17.3. The van der Waals surface area contributed by atoms with E-state index in [4.69, 9.17) is 4.42 Å². The van der Waals surface area contributed by atoms with Crippen molar-refractivity contribution in [2.75, 3.05) is 18.4 Å². The summed E-state index contributed by atoms with van der Waals surface area (Å²) in [6.07, 6.45) is 3.15. The molecule has 1 unspecified atom stereocenters. The van der Waals surface area contributed by atoms with E-state index in [1.807, 2.05) is 32.0 Å². The number of nitrogens with one attached hydrogen (secondary N) is 1. The maximum Gasteiger partial charge on any atom is 0.257 e. The van der Waals surface area contributed by atoms with Crippen molar-refractivity contribution in [2.45, 2.75) is 33.6 Å². The van der Waals surface area contributed by atoms with Gasteiger partial charge in [-0.1, -0.05) is 6.07 Å². The van der Waals surface area contributed by atoms with Gasteiger partial charge in [0.1, 0.15) is 5.76 Å². The topological polar surface area (TPSA) is 62.6 Å². The molecule has 1 aromatic heterocycles. The summed E-state index contributed by atoms with van der Waals surface area (Å²) < 4.78 is 5.22. The molecule has 1 saturated heterocycles. The first-order valence-corrected chi connectivity index (χ1v) is 8.67. The lowest BCUT2D eigenvalue weighted by molar-refractivity contribution is -0.121. The smallest absolute Gasteiger partial charge is 0.257 e. The van der Waals surface area contributed by atoms with Crippen LogP contribution < -0.4 is 5.32 Å². The number of likely N-dealkylation sites (tertiary alicyclic amines) is 1. The minimum Gasteiger partial charge on any atom is -0.469 e. The molecule has 1 N–H and O–H groups in total. The van der Waals surface area contributed by atoms with E-state index in [0.717, 1.165) is 24.1 Å². The molecule has 132 valence electrons. The van der Waals surface area contributed by atoms with Crippen molar-refractivity contribution in [1.82, 2.24) is 4.90 Å². The number of piperidine rings is 1. The van der Waals surface area contributed by atoms with Crippen LogP contribution >= 0.6 is 0 Å². The second-order valence-corrected chi connectivity index (χ2v) is 6.77. The van der Waals surface area contributed by atoms with E-state index in [-0.39, 0.29) is 17.7 Å². The van der Waals surface area contributed by atoms with Crippen LogP contribution in [0.3, 0.4) is 0 Å². The predicted octanol–water partition coefficient (Wildman–Crippen LogP) is 3.70. The van der Waals surface area contributed by atoms with Gasteiger partial charge in [-0.25, -0.2) is 0 Å². The number of amides is 2. The lowest BCUT2D eigenvalue weighted by atomic mass is 9.96. The average molecular weight is 340 g/mol. The molecular formula is C20H24N2O3. The van der Waals surface area contributed by atoms with Gasteiger partial charge in [-0.3, -0.25) is 9.59 Å². The number of furan rings is 1. The summed E-state index contributed by atoms with van der Waals surface area (Å²) in [5.41, 5.74) is 3.73. The van der Waals surface area contributed by atoms with Gasteiger partial charge in [-0.2, -0.15) is 0 Å². The second-order valence-electron chi connectivity index (χ2n) is 6.77. The molecule has 25 heavy (non-hydrogen) atoms. The van der Waals surface area contributed by atoms with Crippen molar-refractivity contribution in [3.05, 3.63) is 53.0 Å². The van der Waals surface area contributed by atoms with Gasteiger partial charge < -0.3 is 14.6 Å². The van der Waals surface area contributed by atoms with Gasteiger partial charge in [0.2, 0.25) is 5.91 Å². The Kier molecular flexibility index (Phi) is 4.93. The summed E-state index contributed by atoms with van der Waals surface area (Å²) in [5.74, 6) is 0.345. The van der Waals surface area contributed by atoms with Gasteiger partial charge in [-0.05, 0) is 62.9 Å². The Morgan fingerprint density at radius 3 is 2.64 bits per heavy atom. The number of anilines is 1. The van der Waals surface area contributed by atoms with Gasteiger partial charge in [0.05, 0.1) is 17.7 Å². The van der Waals surface area contributed by atoms with Crippen LogP contribution in [0.4, 0.5) is 5.69 Å². The lowest BCUT2D eigenvalue weighted by Crippen LogP contribution is -2.43. The summed E-state index contributed by atoms with van der Waals surface area (Å²) in [7, 11) is 0. The van der Waals surface area contributed by atoms with Gasteiger partial charge in [-0.15, -0.1) is 0 Å². The third kappa shape index (κ3) is 3.76. The van der Waals surface area contributed by atoms with E-state index in [2.05, 4.69) is 5.32 Å². The quantitative estimate of drug-likeness (QED) is 0.927. The van der Waals surface area contributed by atoms with Crippen LogP contribution in [0, 0.1) is 26.7 Å². The van der Waals surface area contributed by atoms with Gasteiger partial charge >= 0.3 is 0 Å². The van der Waals surface area contributed by atoms with Crippen molar-refractivity contribution in [2.24, 2.45) is 5.92 Å². The molecule has 2 aromatic rings. The molecule has 3 rings (SSSR count). The fourth-order valence-corrected chi connectivity index (χ4v) is 3.22. The third-order valence-corrected chi connectivity index (χ3v) is 4.94. The number of hydrogen-bond acceptors (Lipinski definition) is 3. The van der Waals surface area contributed by atoms with Gasteiger partial charge in [0.15, 0.2) is 0 Å². The van der Waals surface area contributed by atoms with Crippen molar-refractivity contribution in [3.8, 4) is 0 Å². The number of carbonyl (C=O) groups is 2. The highest BCUT2D eigenvalue weighted by atomic mass is 16.3. The molecule has 2 amide bonds. The Hall–Kier alpha value is -2.56. The molecule has 0 saturated carbocycles. The zero-order chi connectivity index (χ0) is 18.0. The Bertz CT molecular complexity index is 794. The zero-order valence-corrected chi connectivity index (χ0v) is 15.0. The number of nitrogens with zero attached hydrogens (tertiary/aromatic N) is 1. The Labute approximate surface area is 148 Å².